The van der Waals surface area contributed by atoms with Crippen LogP contribution in [0.4, 0.5) is 0 Å². The molecule has 1 aliphatic rings. The van der Waals surface area contributed by atoms with Gasteiger partial charge in [0.2, 0.25) is 11.8 Å². The van der Waals surface area contributed by atoms with Crippen LogP contribution in [0, 0.1) is 5.92 Å². The van der Waals surface area contributed by atoms with Crippen LogP contribution in [0.3, 0.4) is 0 Å². The van der Waals surface area contributed by atoms with Crippen LogP contribution < -0.4 is 10.1 Å². The van der Waals surface area contributed by atoms with Gasteiger partial charge in [0.15, 0.2) is 0 Å². The topological polar surface area (TPSA) is 71.8 Å². The van der Waals surface area contributed by atoms with E-state index < -0.39 is 0 Å². The van der Waals surface area contributed by atoms with E-state index in [0.717, 1.165) is 17.1 Å². The maximum Gasteiger partial charge on any atom is 0.225 e. The van der Waals surface area contributed by atoms with Crippen molar-refractivity contribution in [2.45, 2.75) is 19.5 Å². The average Bonchev–Trinajstić information content (AvgIpc) is 3.38. The lowest BCUT2D eigenvalue weighted by atomic mass is 10.1. The van der Waals surface area contributed by atoms with Crippen LogP contribution in [0.5, 0.6) is 11.5 Å². The molecule has 6 nitrogen and oxygen atoms in total. The van der Waals surface area contributed by atoms with Crippen LogP contribution >= 0.6 is 0 Å². The van der Waals surface area contributed by atoms with Crippen LogP contribution in [0.1, 0.15) is 17.7 Å². The molecule has 2 aromatic carbocycles. The first-order chi connectivity index (χ1) is 14.2. The monoisotopic (exact) mass is 390 g/mol. The lowest BCUT2D eigenvalue weighted by Crippen LogP contribution is -2.32. The number of amides is 2. The summed E-state index contributed by atoms with van der Waals surface area (Å²) in [7, 11) is 0. The zero-order chi connectivity index (χ0) is 20.1. The highest BCUT2D eigenvalue weighted by Gasteiger charge is 2.34. The van der Waals surface area contributed by atoms with Crippen molar-refractivity contribution >= 4 is 11.8 Å². The minimum Gasteiger partial charge on any atom is -0.467 e. The summed E-state index contributed by atoms with van der Waals surface area (Å²) in [4.78, 5) is 26.4. The van der Waals surface area contributed by atoms with E-state index in [0.29, 0.717) is 25.4 Å². The van der Waals surface area contributed by atoms with Gasteiger partial charge >= 0.3 is 0 Å². The van der Waals surface area contributed by atoms with Crippen molar-refractivity contribution in [2.75, 3.05) is 6.54 Å². The number of carbonyl (C=O) groups excluding carboxylic acids is 2. The number of carbonyl (C=O) groups is 2. The number of nitrogens with one attached hydrogen (secondary N) is 1. The van der Waals surface area contributed by atoms with Gasteiger partial charge in [-0.05, 0) is 42.0 Å². The molecule has 1 N–H and O–H groups in total. The number of hydrogen-bond acceptors (Lipinski definition) is 4. The Bertz CT molecular complexity index is 970. The maximum atomic E-state index is 12.5. The highest BCUT2D eigenvalue weighted by atomic mass is 16.5. The Hall–Kier alpha value is -3.54. The Morgan fingerprint density at radius 3 is 2.69 bits per heavy atom. The van der Waals surface area contributed by atoms with Gasteiger partial charge in [-0.1, -0.05) is 30.3 Å². The molecule has 0 aliphatic carbocycles. The smallest absolute Gasteiger partial charge is 0.225 e. The molecule has 0 spiro atoms. The van der Waals surface area contributed by atoms with E-state index in [2.05, 4.69) is 5.32 Å². The lowest BCUT2D eigenvalue weighted by molar-refractivity contribution is -0.129. The molecule has 1 atom stereocenters. The summed E-state index contributed by atoms with van der Waals surface area (Å²) in [5.41, 5.74) is 0.934. The van der Waals surface area contributed by atoms with E-state index in [1.54, 1.807) is 17.2 Å². The second-order valence-corrected chi connectivity index (χ2v) is 7.03. The van der Waals surface area contributed by atoms with E-state index >= 15 is 0 Å². The molecule has 148 valence electrons. The molecule has 0 bridgehead atoms. The van der Waals surface area contributed by atoms with Gasteiger partial charge in [-0.15, -0.1) is 0 Å². The van der Waals surface area contributed by atoms with Crippen LogP contribution in [-0.2, 0) is 22.7 Å². The summed E-state index contributed by atoms with van der Waals surface area (Å²) in [6, 6.07) is 20.8. The van der Waals surface area contributed by atoms with Crippen molar-refractivity contribution in [3.05, 3.63) is 84.3 Å². The van der Waals surface area contributed by atoms with Gasteiger partial charge in [-0.2, -0.15) is 0 Å². The van der Waals surface area contributed by atoms with Gasteiger partial charge < -0.3 is 19.4 Å². The Kier molecular flexibility index (Phi) is 5.61. The molecule has 4 rings (SSSR count). The zero-order valence-electron chi connectivity index (χ0n) is 15.9. The van der Waals surface area contributed by atoms with E-state index in [1.165, 1.54) is 0 Å². The summed E-state index contributed by atoms with van der Waals surface area (Å²) >= 11 is 0. The molecule has 0 saturated carbocycles. The third kappa shape index (κ3) is 4.85. The number of ether oxygens (including phenoxy) is 1. The first-order valence-electron chi connectivity index (χ1n) is 9.57. The van der Waals surface area contributed by atoms with Crippen molar-refractivity contribution in [3.8, 4) is 11.5 Å². The number of furan rings is 1. The van der Waals surface area contributed by atoms with E-state index in [9.17, 15) is 9.59 Å². The third-order valence-corrected chi connectivity index (χ3v) is 4.86. The van der Waals surface area contributed by atoms with Gasteiger partial charge in [0.05, 0.1) is 18.7 Å². The molecule has 6 heteroatoms. The standard InChI is InChI=1S/C23H22N2O4/c26-22-13-18(15-25(22)16-21-10-5-11-28-21)23(27)24-14-17-6-4-9-20(12-17)29-19-7-2-1-3-8-19/h1-12,18H,13-16H2,(H,24,27)/t18-/m1/s1. The molecule has 1 fully saturated rings. The van der Waals surface area contributed by atoms with E-state index in [1.807, 2.05) is 60.7 Å². The normalized spacial score (nSPS) is 16.1. The van der Waals surface area contributed by atoms with E-state index in [4.69, 9.17) is 9.15 Å². The summed E-state index contributed by atoms with van der Waals surface area (Å²) in [5.74, 6) is 1.70. The van der Waals surface area contributed by atoms with Crippen molar-refractivity contribution in [2.24, 2.45) is 5.92 Å². The number of benzene rings is 2. The van der Waals surface area contributed by atoms with Crippen LogP contribution in [-0.4, -0.2) is 23.3 Å². The fourth-order valence-corrected chi connectivity index (χ4v) is 3.37. The molecule has 2 heterocycles. The third-order valence-electron chi connectivity index (χ3n) is 4.86. The number of rotatable bonds is 7. The molecule has 3 aromatic rings. The average molecular weight is 390 g/mol. The van der Waals surface area contributed by atoms with Gasteiger partial charge in [0.25, 0.3) is 0 Å². The molecular weight excluding hydrogens is 368 g/mol. The van der Waals surface area contributed by atoms with Crippen molar-refractivity contribution in [3.63, 3.8) is 0 Å². The Morgan fingerprint density at radius 2 is 1.90 bits per heavy atom. The lowest BCUT2D eigenvalue weighted by Gasteiger charge is -2.15. The minimum atomic E-state index is -0.346. The molecule has 0 radical (unpaired) electrons. The first-order valence-corrected chi connectivity index (χ1v) is 9.57. The van der Waals surface area contributed by atoms with Gasteiger partial charge in [-0.3, -0.25) is 9.59 Å². The fourth-order valence-electron chi connectivity index (χ4n) is 3.37. The molecule has 0 unspecified atom stereocenters. The number of nitrogens with zero attached hydrogens (tertiary/aromatic N) is 1. The van der Waals surface area contributed by atoms with Crippen LogP contribution in [0.15, 0.2) is 77.4 Å². The maximum absolute atomic E-state index is 12.5. The van der Waals surface area contributed by atoms with Gasteiger partial charge in [-0.25, -0.2) is 0 Å². The van der Waals surface area contributed by atoms with Crippen molar-refractivity contribution in [1.82, 2.24) is 10.2 Å². The molecule has 1 aromatic heterocycles. The Morgan fingerprint density at radius 1 is 1.07 bits per heavy atom. The molecule has 2 amide bonds. The summed E-state index contributed by atoms with van der Waals surface area (Å²) in [6.07, 6.45) is 1.80. The first kappa shape index (κ1) is 18.8. The van der Waals surface area contributed by atoms with Crippen LogP contribution in [0.2, 0.25) is 0 Å². The fraction of sp³-hybridized carbons (Fsp3) is 0.217. The quantitative estimate of drug-likeness (QED) is 0.667. The van der Waals surface area contributed by atoms with Gasteiger partial charge in [0.1, 0.15) is 17.3 Å². The summed E-state index contributed by atoms with van der Waals surface area (Å²) in [6.45, 7) is 1.19. The molecule has 1 saturated heterocycles. The van der Waals surface area contributed by atoms with Crippen molar-refractivity contribution < 1.29 is 18.7 Å². The highest BCUT2D eigenvalue weighted by Crippen LogP contribution is 2.23. The summed E-state index contributed by atoms with van der Waals surface area (Å²) < 4.78 is 11.1. The number of likely N-dealkylation sites (tertiary alicyclic amines) is 1. The highest BCUT2D eigenvalue weighted by molar-refractivity contribution is 5.89. The Labute approximate surface area is 169 Å². The molecule has 1 aliphatic heterocycles. The largest absolute Gasteiger partial charge is 0.467 e. The van der Waals surface area contributed by atoms with Crippen molar-refractivity contribution in [1.29, 1.82) is 0 Å². The minimum absolute atomic E-state index is 0.0280. The second kappa shape index (κ2) is 8.65. The SMILES string of the molecule is O=C(NCc1cccc(Oc2ccccc2)c1)[C@@H]1CC(=O)N(Cc2ccco2)C1. The second-order valence-electron chi connectivity index (χ2n) is 7.03. The predicted octanol–water partition coefficient (Wildman–Crippen LogP) is 3.74. The Balaban J connectivity index is 1.30. The predicted molar refractivity (Wildman–Crippen MR) is 107 cm³/mol. The number of para-hydroxylation sites is 1. The molecular formula is C23H22N2O4. The summed E-state index contributed by atoms with van der Waals surface area (Å²) in [5, 5.41) is 2.94. The zero-order valence-corrected chi connectivity index (χ0v) is 15.9. The molecule has 29 heavy (non-hydrogen) atoms. The van der Waals surface area contributed by atoms with E-state index in [-0.39, 0.29) is 24.2 Å². The van der Waals surface area contributed by atoms with Gasteiger partial charge in [0, 0.05) is 19.5 Å². The number of hydrogen-bond donors (Lipinski definition) is 1. The van der Waals surface area contributed by atoms with Crippen LogP contribution in [0.25, 0.3) is 0 Å².